The minimum absolute atomic E-state index is 0.00261. The molecule has 0 fully saturated rings. The van der Waals surface area contributed by atoms with Gasteiger partial charge >= 0.3 is 0 Å². The molecular weight excluding hydrogens is 338 g/mol. The van der Waals surface area contributed by atoms with Crippen LogP contribution in [0, 0.1) is 0 Å². The number of carbonyl (C=O) groups is 2. The van der Waals surface area contributed by atoms with Gasteiger partial charge in [0, 0.05) is 16.9 Å². The van der Waals surface area contributed by atoms with Gasteiger partial charge in [0.05, 0.1) is 25.7 Å². The zero-order valence-electron chi connectivity index (χ0n) is 14.5. The number of rotatable bonds is 8. The van der Waals surface area contributed by atoms with Gasteiger partial charge in [-0.2, -0.15) is 0 Å². The molecule has 1 amide bonds. The molecule has 0 radical (unpaired) electrons. The highest BCUT2D eigenvalue weighted by Crippen LogP contribution is 2.26. The Bertz CT molecular complexity index is 761. The van der Waals surface area contributed by atoms with Crippen LogP contribution in [0.3, 0.4) is 0 Å². The van der Waals surface area contributed by atoms with Crippen LogP contribution >= 0.6 is 11.8 Å². The Morgan fingerprint density at radius 1 is 1.04 bits per heavy atom. The van der Waals surface area contributed by atoms with Crippen LogP contribution in [0.5, 0.6) is 11.5 Å². The Balaban J connectivity index is 1.95. The van der Waals surface area contributed by atoms with Crippen molar-refractivity contribution in [1.82, 2.24) is 0 Å². The third-order valence-electron chi connectivity index (χ3n) is 3.56. The predicted molar refractivity (Wildman–Crippen MR) is 101 cm³/mol. The van der Waals surface area contributed by atoms with Crippen LogP contribution in [0.15, 0.2) is 42.5 Å². The summed E-state index contributed by atoms with van der Waals surface area (Å²) in [5, 5.41) is 2.84. The lowest BCUT2D eigenvalue weighted by Crippen LogP contribution is -2.14. The van der Waals surface area contributed by atoms with Gasteiger partial charge in [-0.3, -0.25) is 9.59 Å². The van der Waals surface area contributed by atoms with E-state index < -0.39 is 0 Å². The number of benzene rings is 2. The summed E-state index contributed by atoms with van der Waals surface area (Å²) < 4.78 is 10.5. The molecular formula is C19H21NO4S. The van der Waals surface area contributed by atoms with E-state index in [9.17, 15) is 9.59 Å². The van der Waals surface area contributed by atoms with Crippen molar-refractivity contribution in [3.8, 4) is 11.5 Å². The fourth-order valence-corrected chi connectivity index (χ4v) is 3.10. The topological polar surface area (TPSA) is 64.6 Å². The quantitative estimate of drug-likeness (QED) is 0.727. The number of carbonyl (C=O) groups excluding carboxylic acids is 2. The molecule has 0 aromatic heterocycles. The molecule has 0 saturated heterocycles. The number of hydrogen-bond acceptors (Lipinski definition) is 5. The van der Waals surface area contributed by atoms with E-state index >= 15 is 0 Å². The van der Waals surface area contributed by atoms with E-state index in [0.717, 1.165) is 5.56 Å². The maximum Gasteiger partial charge on any atom is 0.234 e. The first-order valence-electron chi connectivity index (χ1n) is 7.73. The Hall–Kier alpha value is -2.47. The van der Waals surface area contributed by atoms with Crippen LogP contribution in [0.2, 0.25) is 0 Å². The van der Waals surface area contributed by atoms with Gasteiger partial charge in [-0.25, -0.2) is 0 Å². The molecule has 2 aromatic carbocycles. The van der Waals surface area contributed by atoms with E-state index in [1.807, 2.05) is 18.2 Å². The summed E-state index contributed by atoms with van der Waals surface area (Å²) in [4.78, 5) is 23.6. The molecule has 0 aliphatic carbocycles. The second-order valence-corrected chi connectivity index (χ2v) is 6.31. The van der Waals surface area contributed by atoms with Gasteiger partial charge in [0.25, 0.3) is 0 Å². The SMILES string of the molecule is COc1ccc(C(C)=O)cc1CSCC(=O)Nc1ccccc1OC. The standard InChI is InChI=1S/C19H21NO4S/c1-13(21)14-8-9-17(23-2)15(10-14)11-25-12-19(22)20-16-6-4-5-7-18(16)24-3/h4-10H,11-12H2,1-3H3,(H,20,22). The summed E-state index contributed by atoms with van der Waals surface area (Å²) in [6.07, 6.45) is 0. The number of para-hydroxylation sites is 2. The van der Waals surface area contributed by atoms with Gasteiger partial charge in [0.2, 0.25) is 5.91 Å². The van der Waals surface area contributed by atoms with Crippen molar-refractivity contribution < 1.29 is 19.1 Å². The monoisotopic (exact) mass is 359 g/mol. The Labute approximate surface area is 151 Å². The van der Waals surface area contributed by atoms with Crippen molar-refractivity contribution in [3.05, 3.63) is 53.6 Å². The summed E-state index contributed by atoms with van der Waals surface area (Å²) in [6.45, 7) is 1.53. The zero-order valence-corrected chi connectivity index (χ0v) is 15.3. The largest absolute Gasteiger partial charge is 0.496 e. The average molecular weight is 359 g/mol. The first-order valence-corrected chi connectivity index (χ1v) is 8.89. The summed E-state index contributed by atoms with van der Waals surface area (Å²) >= 11 is 1.45. The van der Waals surface area contributed by atoms with E-state index in [2.05, 4.69) is 5.32 Å². The fourth-order valence-electron chi connectivity index (χ4n) is 2.30. The van der Waals surface area contributed by atoms with E-state index in [4.69, 9.17) is 9.47 Å². The van der Waals surface area contributed by atoms with Gasteiger partial charge in [-0.05, 0) is 37.3 Å². The number of Topliss-reactive ketones (excluding diaryl/α,β-unsaturated/α-hetero) is 1. The molecule has 6 heteroatoms. The van der Waals surface area contributed by atoms with E-state index in [1.54, 1.807) is 38.5 Å². The highest BCUT2D eigenvalue weighted by atomic mass is 32.2. The highest BCUT2D eigenvalue weighted by molar-refractivity contribution is 7.99. The lowest BCUT2D eigenvalue weighted by atomic mass is 10.1. The summed E-state index contributed by atoms with van der Waals surface area (Å²) in [5.41, 5.74) is 2.17. The molecule has 25 heavy (non-hydrogen) atoms. The molecule has 2 aromatic rings. The normalized spacial score (nSPS) is 10.2. The van der Waals surface area contributed by atoms with E-state index in [0.29, 0.717) is 28.5 Å². The molecule has 0 aliphatic heterocycles. The van der Waals surface area contributed by atoms with E-state index in [1.165, 1.54) is 18.7 Å². The molecule has 2 rings (SSSR count). The van der Waals surface area contributed by atoms with Crippen LogP contribution in [0.25, 0.3) is 0 Å². The predicted octanol–water partition coefficient (Wildman–Crippen LogP) is 3.78. The van der Waals surface area contributed by atoms with Crippen molar-refractivity contribution in [1.29, 1.82) is 0 Å². The molecule has 0 atom stereocenters. The second kappa shape index (κ2) is 9.13. The molecule has 0 aliphatic rings. The second-order valence-electron chi connectivity index (χ2n) is 5.32. The Morgan fingerprint density at radius 2 is 1.76 bits per heavy atom. The van der Waals surface area contributed by atoms with Crippen LogP contribution in [0.1, 0.15) is 22.8 Å². The van der Waals surface area contributed by atoms with Crippen molar-refractivity contribution in [3.63, 3.8) is 0 Å². The molecule has 132 valence electrons. The van der Waals surface area contributed by atoms with Gasteiger partial charge in [0.15, 0.2) is 5.78 Å². The van der Waals surface area contributed by atoms with Crippen molar-refractivity contribution in [2.24, 2.45) is 0 Å². The number of nitrogens with one attached hydrogen (secondary N) is 1. The highest BCUT2D eigenvalue weighted by Gasteiger charge is 2.10. The summed E-state index contributed by atoms with van der Waals surface area (Å²) in [5.74, 6) is 2.08. The van der Waals surface area contributed by atoms with Crippen LogP contribution in [0.4, 0.5) is 5.69 Å². The van der Waals surface area contributed by atoms with Gasteiger partial charge in [-0.1, -0.05) is 12.1 Å². The van der Waals surface area contributed by atoms with Gasteiger partial charge < -0.3 is 14.8 Å². The van der Waals surface area contributed by atoms with Crippen molar-refractivity contribution in [2.45, 2.75) is 12.7 Å². The molecule has 1 N–H and O–H groups in total. The zero-order chi connectivity index (χ0) is 18.2. The van der Waals surface area contributed by atoms with Crippen molar-refractivity contribution in [2.75, 3.05) is 25.3 Å². The summed E-state index contributed by atoms with van der Waals surface area (Å²) in [7, 11) is 3.15. The van der Waals surface area contributed by atoms with E-state index in [-0.39, 0.29) is 17.4 Å². The molecule has 5 nitrogen and oxygen atoms in total. The first kappa shape index (κ1) is 18.9. The number of ether oxygens (including phenoxy) is 2. The number of anilines is 1. The van der Waals surface area contributed by atoms with Crippen LogP contribution in [-0.2, 0) is 10.5 Å². The number of thioether (sulfide) groups is 1. The maximum atomic E-state index is 12.1. The molecule has 0 unspecified atom stereocenters. The number of methoxy groups -OCH3 is 2. The number of amides is 1. The summed E-state index contributed by atoms with van der Waals surface area (Å²) in [6, 6.07) is 12.6. The number of ketones is 1. The van der Waals surface area contributed by atoms with Crippen molar-refractivity contribution >= 4 is 29.1 Å². The minimum atomic E-state index is -0.115. The van der Waals surface area contributed by atoms with Gasteiger partial charge in [-0.15, -0.1) is 11.8 Å². The average Bonchev–Trinajstić information content (AvgIpc) is 2.62. The maximum absolute atomic E-state index is 12.1. The molecule has 0 bridgehead atoms. The van der Waals surface area contributed by atoms with Crippen LogP contribution < -0.4 is 14.8 Å². The Morgan fingerprint density at radius 3 is 2.44 bits per heavy atom. The smallest absolute Gasteiger partial charge is 0.234 e. The van der Waals surface area contributed by atoms with Gasteiger partial charge in [0.1, 0.15) is 11.5 Å². The fraction of sp³-hybridized carbons (Fsp3) is 0.263. The molecule has 0 saturated carbocycles. The molecule has 0 heterocycles. The minimum Gasteiger partial charge on any atom is -0.496 e. The van der Waals surface area contributed by atoms with Crippen LogP contribution in [-0.4, -0.2) is 31.7 Å². The lowest BCUT2D eigenvalue weighted by molar-refractivity contribution is -0.113. The lowest BCUT2D eigenvalue weighted by Gasteiger charge is -2.11. The Kier molecular flexibility index (Phi) is 6.89. The third-order valence-corrected chi connectivity index (χ3v) is 4.54. The third kappa shape index (κ3) is 5.26. The first-order chi connectivity index (χ1) is 12.0. The number of hydrogen-bond donors (Lipinski definition) is 1. The molecule has 0 spiro atoms.